The summed E-state index contributed by atoms with van der Waals surface area (Å²) >= 11 is 0. The maximum atomic E-state index is 12.7. The van der Waals surface area contributed by atoms with E-state index in [1.807, 2.05) is 0 Å². The van der Waals surface area contributed by atoms with E-state index in [0.29, 0.717) is 12.8 Å². The second kappa shape index (κ2) is 15.4. The van der Waals surface area contributed by atoms with E-state index in [1.165, 1.54) is 6.92 Å². The minimum atomic E-state index is -1.19. The molecule has 5 atom stereocenters. The van der Waals surface area contributed by atoms with E-state index in [1.54, 1.807) is 13.8 Å². The molecule has 0 saturated carbocycles. The Hall–Kier alpha value is -3.42. The Bertz CT molecular complexity index is 755. The SMILES string of the molecule is CCC(C)C(NC(=O)C(C)NC(=O)C(CCC(N)=O)NC(=O)C(N)CCCN=C(N)N)C(=O)O. The summed E-state index contributed by atoms with van der Waals surface area (Å²) < 4.78 is 0. The molecule has 194 valence electrons. The summed E-state index contributed by atoms with van der Waals surface area (Å²) in [5, 5.41) is 16.6. The zero-order valence-electron chi connectivity index (χ0n) is 19.9. The van der Waals surface area contributed by atoms with Crippen molar-refractivity contribution in [3.8, 4) is 0 Å². The highest BCUT2D eigenvalue weighted by molar-refractivity contribution is 5.94. The van der Waals surface area contributed by atoms with Gasteiger partial charge >= 0.3 is 5.97 Å². The van der Waals surface area contributed by atoms with Crippen LogP contribution in [0, 0.1) is 5.92 Å². The number of hydrogen-bond acceptors (Lipinski definition) is 7. The monoisotopic (exact) mass is 486 g/mol. The van der Waals surface area contributed by atoms with Crippen LogP contribution in [0.3, 0.4) is 0 Å². The lowest BCUT2D eigenvalue weighted by atomic mass is 9.99. The summed E-state index contributed by atoms with van der Waals surface area (Å²) in [7, 11) is 0. The zero-order valence-corrected chi connectivity index (χ0v) is 19.9. The summed E-state index contributed by atoms with van der Waals surface area (Å²) in [5.74, 6) is -4.40. The molecule has 5 unspecified atom stereocenters. The van der Waals surface area contributed by atoms with Crippen LogP contribution in [0.2, 0.25) is 0 Å². The number of aliphatic imine (C=N–C) groups is 1. The number of rotatable bonds is 16. The lowest BCUT2D eigenvalue weighted by Crippen LogP contribution is -2.57. The normalized spacial score (nSPS) is 15.1. The van der Waals surface area contributed by atoms with Gasteiger partial charge in [0.25, 0.3) is 0 Å². The van der Waals surface area contributed by atoms with Crippen LogP contribution < -0.4 is 38.9 Å². The first-order valence-electron chi connectivity index (χ1n) is 11.0. The third-order valence-corrected chi connectivity index (χ3v) is 5.15. The van der Waals surface area contributed by atoms with E-state index in [0.717, 1.165) is 0 Å². The van der Waals surface area contributed by atoms with E-state index < -0.39 is 53.8 Å². The molecule has 34 heavy (non-hydrogen) atoms. The largest absolute Gasteiger partial charge is 0.480 e. The second-order valence-corrected chi connectivity index (χ2v) is 8.06. The number of primary amides is 1. The highest BCUT2D eigenvalue weighted by atomic mass is 16.4. The van der Waals surface area contributed by atoms with Gasteiger partial charge in [-0.1, -0.05) is 20.3 Å². The van der Waals surface area contributed by atoms with Crippen molar-refractivity contribution < 1.29 is 29.1 Å². The van der Waals surface area contributed by atoms with Crippen molar-refractivity contribution in [2.24, 2.45) is 33.8 Å². The molecule has 0 heterocycles. The Balaban J connectivity index is 5.12. The van der Waals surface area contributed by atoms with Crippen molar-refractivity contribution in [1.29, 1.82) is 0 Å². The van der Waals surface area contributed by atoms with Crippen molar-refractivity contribution in [1.82, 2.24) is 16.0 Å². The molecule has 0 bridgehead atoms. The van der Waals surface area contributed by atoms with Gasteiger partial charge in [0, 0.05) is 13.0 Å². The number of nitrogens with two attached hydrogens (primary N) is 4. The summed E-state index contributed by atoms with van der Waals surface area (Å²) in [4.78, 5) is 64.0. The fraction of sp³-hybridized carbons (Fsp3) is 0.700. The zero-order chi connectivity index (χ0) is 26.4. The van der Waals surface area contributed by atoms with Crippen LogP contribution in [0.4, 0.5) is 0 Å². The van der Waals surface area contributed by atoms with E-state index in [2.05, 4.69) is 20.9 Å². The predicted molar refractivity (Wildman–Crippen MR) is 125 cm³/mol. The van der Waals surface area contributed by atoms with Crippen LogP contribution in [-0.4, -0.2) is 71.4 Å². The average molecular weight is 487 g/mol. The van der Waals surface area contributed by atoms with Gasteiger partial charge in [0.05, 0.1) is 6.04 Å². The van der Waals surface area contributed by atoms with Crippen LogP contribution in [0.25, 0.3) is 0 Å². The van der Waals surface area contributed by atoms with Crippen molar-refractivity contribution in [3.63, 3.8) is 0 Å². The van der Waals surface area contributed by atoms with E-state index >= 15 is 0 Å². The predicted octanol–water partition coefficient (Wildman–Crippen LogP) is -2.76. The van der Waals surface area contributed by atoms with Gasteiger partial charge in [0.2, 0.25) is 23.6 Å². The molecule has 0 aromatic carbocycles. The fourth-order valence-corrected chi connectivity index (χ4v) is 2.83. The maximum Gasteiger partial charge on any atom is 0.326 e. The fourth-order valence-electron chi connectivity index (χ4n) is 2.83. The molecule has 0 aliphatic heterocycles. The molecule has 12 N–H and O–H groups in total. The van der Waals surface area contributed by atoms with E-state index in [9.17, 15) is 29.1 Å². The number of nitrogens with one attached hydrogen (secondary N) is 3. The van der Waals surface area contributed by atoms with Crippen LogP contribution >= 0.6 is 0 Å². The summed E-state index contributed by atoms with van der Waals surface area (Å²) in [5.41, 5.74) is 21.5. The molecular formula is C20H38N8O6. The van der Waals surface area contributed by atoms with Crippen LogP contribution in [0.1, 0.15) is 52.9 Å². The molecular weight excluding hydrogens is 448 g/mol. The number of amides is 4. The maximum absolute atomic E-state index is 12.7. The molecule has 0 aliphatic rings. The smallest absolute Gasteiger partial charge is 0.326 e. The number of carbonyl (C=O) groups is 5. The average Bonchev–Trinajstić information content (AvgIpc) is 2.75. The highest BCUT2D eigenvalue weighted by Crippen LogP contribution is 2.08. The third-order valence-electron chi connectivity index (χ3n) is 5.15. The lowest BCUT2D eigenvalue weighted by Gasteiger charge is -2.25. The van der Waals surface area contributed by atoms with Crippen LogP contribution in [0.15, 0.2) is 4.99 Å². The number of nitrogens with zero attached hydrogens (tertiary/aromatic N) is 1. The molecule has 0 spiro atoms. The first kappa shape index (κ1) is 30.6. The van der Waals surface area contributed by atoms with Gasteiger partial charge in [-0.05, 0) is 32.1 Å². The van der Waals surface area contributed by atoms with Gasteiger partial charge < -0.3 is 44.0 Å². The first-order chi connectivity index (χ1) is 15.8. The summed E-state index contributed by atoms with van der Waals surface area (Å²) in [6, 6.07) is -4.40. The van der Waals surface area contributed by atoms with Crippen molar-refractivity contribution >= 4 is 35.6 Å². The van der Waals surface area contributed by atoms with Crippen LogP contribution in [-0.2, 0) is 24.0 Å². The van der Waals surface area contributed by atoms with Gasteiger partial charge in [-0.25, -0.2) is 4.79 Å². The number of guanidine groups is 1. The minimum Gasteiger partial charge on any atom is -0.480 e. The number of carbonyl (C=O) groups excluding carboxylic acids is 4. The second-order valence-electron chi connectivity index (χ2n) is 8.06. The summed E-state index contributed by atoms with van der Waals surface area (Å²) in [6.07, 6.45) is 0.853. The number of carboxylic acid groups (broad SMARTS) is 1. The van der Waals surface area contributed by atoms with Crippen molar-refractivity contribution in [3.05, 3.63) is 0 Å². The molecule has 0 aliphatic carbocycles. The third kappa shape index (κ3) is 12.0. The van der Waals surface area contributed by atoms with Gasteiger partial charge in [-0.2, -0.15) is 0 Å². The number of carboxylic acids is 1. The standard InChI is InChI=1S/C20H38N8O6/c1-4-10(2)15(19(33)34)28-16(30)11(3)26-18(32)13(7-8-14(22)29)27-17(31)12(21)6-5-9-25-20(23)24/h10-13,15H,4-9,21H2,1-3H3,(H2,22,29)(H,26,32)(H,27,31)(H,28,30)(H,33,34)(H4,23,24,25). The Labute approximate surface area is 198 Å². The molecule has 4 amide bonds. The molecule has 0 radical (unpaired) electrons. The van der Waals surface area contributed by atoms with Crippen molar-refractivity contribution in [2.75, 3.05) is 6.54 Å². The number of aliphatic carboxylic acids is 1. The van der Waals surface area contributed by atoms with E-state index in [-0.39, 0.29) is 37.7 Å². The Morgan fingerprint density at radius 2 is 1.53 bits per heavy atom. The van der Waals surface area contributed by atoms with Gasteiger partial charge in [0.15, 0.2) is 5.96 Å². The van der Waals surface area contributed by atoms with Gasteiger partial charge in [-0.3, -0.25) is 24.2 Å². The topological polar surface area (TPSA) is 258 Å². The molecule has 0 rings (SSSR count). The molecule has 0 aromatic rings. The highest BCUT2D eigenvalue weighted by Gasteiger charge is 2.30. The van der Waals surface area contributed by atoms with Gasteiger partial charge in [-0.15, -0.1) is 0 Å². The Kier molecular flexibility index (Phi) is 13.9. The first-order valence-corrected chi connectivity index (χ1v) is 11.0. The summed E-state index contributed by atoms with van der Waals surface area (Å²) in [6.45, 7) is 5.11. The lowest BCUT2D eigenvalue weighted by molar-refractivity contribution is -0.143. The Morgan fingerprint density at radius 3 is 2.03 bits per heavy atom. The minimum absolute atomic E-state index is 0.0850. The molecule has 14 nitrogen and oxygen atoms in total. The number of hydrogen-bond donors (Lipinski definition) is 8. The van der Waals surface area contributed by atoms with Gasteiger partial charge in [0.1, 0.15) is 18.1 Å². The van der Waals surface area contributed by atoms with E-state index in [4.69, 9.17) is 22.9 Å². The Morgan fingerprint density at radius 1 is 0.912 bits per heavy atom. The van der Waals surface area contributed by atoms with Crippen molar-refractivity contribution in [2.45, 2.75) is 77.0 Å². The van der Waals surface area contributed by atoms with Crippen LogP contribution in [0.5, 0.6) is 0 Å². The molecule has 0 fully saturated rings. The molecule has 0 aromatic heterocycles. The molecule has 0 saturated heterocycles. The quantitative estimate of drug-likeness (QED) is 0.0637. The molecule has 14 heteroatoms.